The smallest absolute Gasteiger partial charge is 0.348 e. The number of fused-ring (bicyclic) bond motifs is 1. The minimum Gasteiger partial charge on any atom is -0.507 e. The summed E-state index contributed by atoms with van der Waals surface area (Å²) in [6, 6.07) is 16.6. The molecule has 2 N–H and O–H groups in total. The van der Waals surface area contributed by atoms with E-state index in [4.69, 9.17) is 9.15 Å². The van der Waals surface area contributed by atoms with Gasteiger partial charge in [0, 0.05) is 18.1 Å². The van der Waals surface area contributed by atoms with Crippen LogP contribution in [0.2, 0.25) is 0 Å². The highest BCUT2D eigenvalue weighted by Crippen LogP contribution is 2.32. The molecule has 0 unspecified atom stereocenters. The molecule has 30 heavy (non-hydrogen) atoms. The summed E-state index contributed by atoms with van der Waals surface area (Å²) in [5.74, 6) is 0.990. The van der Waals surface area contributed by atoms with Crippen LogP contribution >= 0.6 is 0 Å². The lowest BCUT2D eigenvalue weighted by atomic mass is 10.0. The second kappa shape index (κ2) is 8.29. The molecular formula is C24H22N2O4. The van der Waals surface area contributed by atoms with Crippen molar-refractivity contribution in [2.75, 3.05) is 12.4 Å². The van der Waals surface area contributed by atoms with Gasteiger partial charge in [-0.3, -0.25) is 4.99 Å². The highest BCUT2D eigenvalue weighted by molar-refractivity contribution is 6.05. The molecule has 0 amide bonds. The Morgan fingerprint density at radius 2 is 1.97 bits per heavy atom. The highest BCUT2D eigenvalue weighted by Gasteiger charge is 2.23. The number of hydrogen-bond donors (Lipinski definition) is 2. The van der Waals surface area contributed by atoms with Crippen molar-refractivity contribution in [1.82, 2.24) is 0 Å². The average molecular weight is 402 g/mol. The van der Waals surface area contributed by atoms with E-state index in [1.165, 1.54) is 6.07 Å². The van der Waals surface area contributed by atoms with Gasteiger partial charge in [0.1, 0.15) is 22.8 Å². The number of benzene rings is 2. The molecule has 1 aliphatic rings. The number of rotatable bonds is 4. The fourth-order valence-electron chi connectivity index (χ4n) is 3.50. The van der Waals surface area contributed by atoms with Crippen molar-refractivity contribution in [2.45, 2.75) is 19.4 Å². The van der Waals surface area contributed by atoms with E-state index >= 15 is 0 Å². The molecule has 0 spiro atoms. The number of methoxy groups -OCH3 is 1. The first kappa shape index (κ1) is 19.5. The maximum atomic E-state index is 12.5. The number of hydrogen-bond acceptors (Lipinski definition) is 6. The van der Waals surface area contributed by atoms with Crippen LogP contribution in [0.4, 0.5) is 11.4 Å². The van der Waals surface area contributed by atoms with Gasteiger partial charge < -0.3 is 19.6 Å². The van der Waals surface area contributed by atoms with Crippen molar-refractivity contribution in [2.24, 2.45) is 4.99 Å². The Bertz CT molecular complexity index is 1190. The molecule has 1 aliphatic heterocycles. The lowest BCUT2D eigenvalue weighted by Crippen LogP contribution is -2.23. The molecule has 0 saturated carbocycles. The Kier molecular flexibility index (Phi) is 5.39. The second-order valence-electron chi connectivity index (χ2n) is 7.04. The summed E-state index contributed by atoms with van der Waals surface area (Å²) in [4.78, 5) is 17.2. The SMILES string of the molecule is COc1ccccc1/C=C/[C@@H]1CC(c2c(O)cc(C)oc2=O)=Nc2ccccc2N1. The second-order valence-corrected chi connectivity index (χ2v) is 7.04. The number of ether oxygens (including phenoxy) is 1. The van der Waals surface area contributed by atoms with Crippen LogP contribution in [0.5, 0.6) is 11.5 Å². The van der Waals surface area contributed by atoms with E-state index in [0.29, 0.717) is 23.6 Å². The number of anilines is 1. The maximum Gasteiger partial charge on any atom is 0.348 e. The standard InChI is InChI=1S/C24H22N2O4/c1-15-13-21(27)23(24(28)30-15)20-14-17(25-18-8-4-5-9-19(18)26-20)12-11-16-7-3-6-10-22(16)29-2/h3-13,17,25,27H,14H2,1-2H3/b12-11+/t17-/m1/s1. The van der Waals surface area contributed by atoms with Crippen LogP contribution in [0.15, 0.2) is 74.9 Å². The average Bonchev–Trinajstić information content (AvgIpc) is 2.90. The van der Waals surface area contributed by atoms with E-state index < -0.39 is 5.63 Å². The molecule has 0 fully saturated rings. The first-order valence-corrected chi connectivity index (χ1v) is 9.63. The zero-order valence-electron chi connectivity index (χ0n) is 16.8. The van der Waals surface area contributed by atoms with Gasteiger partial charge >= 0.3 is 5.63 Å². The van der Waals surface area contributed by atoms with E-state index in [1.807, 2.05) is 60.7 Å². The number of aromatic hydroxyl groups is 1. The Hall–Kier alpha value is -3.80. The highest BCUT2D eigenvalue weighted by atomic mass is 16.5. The molecule has 0 saturated heterocycles. The summed E-state index contributed by atoms with van der Waals surface area (Å²) in [6.07, 6.45) is 4.36. The summed E-state index contributed by atoms with van der Waals surface area (Å²) in [7, 11) is 1.64. The minimum absolute atomic E-state index is 0.0924. The molecule has 3 aromatic rings. The first-order chi connectivity index (χ1) is 14.5. The van der Waals surface area contributed by atoms with E-state index in [1.54, 1.807) is 14.0 Å². The van der Waals surface area contributed by atoms with Crippen LogP contribution in [0.25, 0.3) is 6.08 Å². The molecule has 0 bridgehead atoms. The molecular weight excluding hydrogens is 380 g/mol. The van der Waals surface area contributed by atoms with Gasteiger partial charge in [0.25, 0.3) is 0 Å². The molecule has 2 aromatic carbocycles. The van der Waals surface area contributed by atoms with E-state index in [-0.39, 0.29) is 17.4 Å². The maximum absolute atomic E-state index is 12.5. The normalized spacial score (nSPS) is 15.8. The van der Waals surface area contributed by atoms with Crippen molar-refractivity contribution >= 4 is 23.2 Å². The predicted octanol–water partition coefficient (Wildman–Crippen LogP) is 4.68. The lowest BCUT2D eigenvalue weighted by molar-refractivity contribution is 0.414. The summed E-state index contributed by atoms with van der Waals surface area (Å²) in [5, 5.41) is 13.9. The zero-order chi connectivity index (χ0) is 21.1. The molecule has 6 heteroatoms. The molecule has 0 aliphatic carbocycles. The number of aliphatic imine (C=N–C) groups is 1. The first-order valence-electron chi connectivity index (χ1n) is 9.63. The van der Waals surface area contributed by atoms with Gasteiger partial charge in [-0.2, -0.15) is 0 Å². The Balaban J connectivity index is 1.76. The van der Waals surface area contributed by atoms with E-state index in [9.17, 15) is 9.90 Å². The molecule has 6 nitrogen and oxygen atoms in total. The largest absolute Gasteiger partial charge is 0.507 e. The summed E-state index contributed by atoms with van der Waals surface area (Å²) in [6.45, 7) is 1.62. The van der Waals surface area contributed by atoms with Crippen molar-refractivity contribution in [3.8, 4) is 11.5 Å². The summed E-state index contributed by atoms with van der Waals surface area (Å²) >= 11 is 0. The van der Waals surface area contributed by atoms with Gasteiger partial charge in [-0.05, 0) is 25.1 Å². The molecule has 1 atom stereocenters. The third kappa shape index (κ3) is 3.98. The van der Waals surface area contributed by atoms with Gasteiger partial charge in [-0.25, -0.2) is 4.79 Å². The predicted molar refractivity (Wildman–Crippen MR) is 118 cm³/mol. The van der Waals surface area contributed by atoms with E-state index in [2.05, 4.69) is 10.3 Å². The Labute approximate surface area is 174 Å². The fourth-order valence-corrected chi connectivity index (χ4v) is 3.50. The van der Waals surface area contributed by atoms with Crippen molar-refractivity contribution in [3.05, 3.63) is 88.0 Å². The summed E-state index contributed by atoms with van der Waals surface area (Å²) < 4.78 is 10.6. The fraction of sp³-hybridized carbons (Fsp3) is 0.167. The van der Waals surface area contributed by atoms with Crippen LogP contribution in [-0.2, 0) is 0 Å². The van der Waals surface area contributed by atoms with Gasteiger partial charge in [-0.15, -0.1) is 0 Å². The van der Waals surface area contributed by atoms with Gasteiger partial charge in [0.2, 0.25) is 0 Å². The lowest BCUT2D eigenvalue weighted by Gasteiger charge is -2.15. The van der Waals surface area contributed by atoms with Crippen molar-refractivity contribution < 1.29 is 14.3 Å². The molecule has 0 radical (unpaired) electrons. The van der Waals surface area contributed by atoms with E-state index in [0.717, 1.165) is 17.0 Å². The monoisotopic (exact) mass is 402 g/mol. The molecule has 2 heterocycles. The summed E-state index contributed by atoms with van der Waals surface area (Å²) in [5.41, 5.74) is 2.44. The van der Waals surface area contributed by atoms with Crippen LogP contribution in [0, 0.1) is 6.92 Å². The quantitative estimate of drug-likeness (QED) is 0.662. The molecule has 4 rings (SSSR count). The topological polar surface area (TPSA) is 84.1 Å². The van der Waals surface area contributed by atoms with Gasteiger partial charge in [0.15, 0.2) is 0 Å². The Morgan fingerprint density at radius 1 is 1.20 bits per heavy atom. The Morgan fingerprint density at radius 3 is 2.77 bits per heavy atom. The number of nitrogens with one attached hydrogen (secondary N) is 1. The van der Waals surface area contributed by atoms with Gasteiger partial charge in [-0.1, -0.05) is 42.5 Å². The number of para-hydroxylation sites is 3. The third-order valence-corrected chi connectivity index (χ3v) is 4.90. The molecule has 1 aromatic heterocycles. The van der Waals surface area contributed by atoms with Crippen molar-refractivity contribution in [1.29, 1.82) is 0 Å². The van der Waals surface area contributed by atoms with Gasteiger partial charge in [0.05, 0.1) is 30.2 Å². The van der Waals surface area contributed by atoms with Crippen LogP contribution in [-0.4, -0.2) is 24.0 Å². The molecule has 152 valence electrons. The third-order valence-electron chi connectivity index (χ3n) is 4.90. The number of aryl methyl sites for hydroxylation is 1. The number of nitrogens with zero attached hydrogens (tertiary/aromatic N) is 1. The van der Waals surface area contributed by atoms with Crippen LogP contribution in [0.3, 0.4) is 0 Å². The minimum atomic E-state index is -0.599. The van der Waals surface area contributed by atoms with Crippen LogP contribution in [0.1, 0.15) is 23.3 Å². The zero-order valence-corrected chi connectivity index (χ0v) is 16.8. The van der Waals surface area contributed by atoms with Crippen molar-refractivity contribution in [3.63, 3.8) is 0 Å². The van der Waals surface area contributed by atoms with Crippen LogP contribution < -0.4 is 15.7 Å².